The highest BCUT2D eigenvalue weighted by atomic mass is 35.5. The van der Waals surface area contributed by atoms with Gasteiger partial charge in [0.25, 0.3) is 0 Å². The van der Waals surface area contributed by atoms with Gasteiger partial charge in [-0.3, -0.25) is 4.57 Å². The molecule has 4 aliphatic carbocycles. The SMILES string of the molecule is Oc1c2c(c(O)n1-c1cc(Cl)cc(Cl)c1)[C@@H]1C=C[C@H]2[C@H]2C[C@H]21. The average Bonchev–Trinajstić information content (AvgIpc) is 3.23. The highest BCUT2D eigenvalue weighted by molar-refractivity contribution is 6.34. The molecule has 3 nitrogen and oxygen atoms in total. The summed E-state index contributed by atoms with van der Waals surface area (Å²) in [6.45, 7) is 0. The summed E-state index contributed by atoms with van der Waals surface area (Å²) in [6, 6.07) is 5.01. The monoisotopic (exact) mass is 333 g/mol. The van der Waals surface area contributed by atoms with E-state index in [0.717, 1.165) is 11.1 Å². The van der Waals surface area contributed by atoms with Crippen molar-refractivity contribution in [2.75, 3.05) is 0 Å². The van der Waals surface area contributed by atoms with Crippen LogP contribution in [0.2, 0.25) is 10.0 Å². The molecule has 1 saturated carbocycles. The van der Waals surface area contributed by atoms with Gasteiger partial charge in [-0.2, -0.15) is 0 Å². The van der Waals surface area contributed by atoms with Crippen molar-refractivity contribution in [2.24, 2.45) is 11.8 Å². The van der Waals surface area contributed by atoms with Gasteiger partial charge in [0.15, 0.2) is 0 Å². The fourth-order valence-corrected chi connectivity index (χ4v) is 4.87. The van der Waals surface area contributed by atoms with Gasteiger partial charge in [0.05, 0.1) is 5.69 Å². The average molecular weight is 334 g/mol. The van der Waals surface area contributed by atoms with Crippen LogP contribution < -0.4 is 0 Å². The smallest absolute Gasteiger partial charge is 0.202 e. The van der Waals surface area contributed by atoms with Gasteiger partial charge in [0.1, 0.15) is 0 Å². The molecule has 2 N–H and O–H groups in total. The first-order valence-corrected chi connectivity index (χ1v) is 8.13. The quantitative estimate of drug-likeness (QED) is 0.750. The Morgan fingerprint density at radius 3 is 1.86 bits per heavy atom. The van der Waals surface area contributed by atoms with Gasteiger partial charge in [-0.1, -0.05) is 35.4 Å². The van der Waals surface area contributed by atoms with E-state index in [4.69, 9.17) is 23.2 Å². The van der Waals surface area contributed by atoms with Gasteiger partial charge < -0.3 is 10.2 Å². The summed E-state index contributed by atoms with van der Waals surface area (Å²) in [6.07, 6.45) is 5.53. The third kappa shape index (κ3) is 1.48. The molecule has 0 spiro atoms. The summed E-state index contributed by atoms with van der Waals surface area (Å²) in [5.41, 5.74) is 2.33. The first-order chi connectivity index (χ1) is 10.6. The highest BCUT2D eigenvalue weighted by Crippen LogP contribution is 2.68. The molecule has 4 atom stereocenters. The number of aromatic nitrogens is 1. The summed E-state index contributed by atoms with van der Waals surface area (Å²) in [7, 11) is 0. The van der Waals surface area contributed by atoms with Crippen molar-refractivity contribution in [1.29, 1.82) is 0 Å². The van der Waals surface area contributed by atoms with E-state index in [1.165, 1.54) is 11.0 Å². The number of aromatic hydroxyl groups is 2. The summed E-state index contributed by atoms with van der Waals surface area (Å²) in [5, 5.41) is 22.4. The Morgan fingerprint density at radius 1 is 0.864 bits per heavy atom. The van der Waals surface area contributed by atoms with Crippen molar-refractivity contribution in [2.45, 2.75) is 18.3 Å². The second kappa shape index (κ2) is 4.03. The number of nitrogens with zero attached hydrogens (tertiary/aromatic N) is 1. The van der Waals surface area contributed by atoms with E-state index in [1.807, 2.05) is 0 Å². The molecule has 4 aliphatic rings. The van der Waals surface area contributed by atoms with E-state index >= 15 is 0 Å². The first kappa shape index (κ1) is 12.9. The van der Waals surface area contributed by atoms with Crippen LogP contribution in [0.3, 0.4) is 0 Å². The molecule has 0 unspecified atom stereocenters. The lowest BCUT2D eigenvalue weighted by molar-refractivity contribution is 0.398. The fourth-order valence-electron chi connectivity index (χ4n) is 4.36. The van der Waals surface area contributed by atoms with E-state index in [-0.39, 0.29) is 23.6 Å². The second-order valence-corrected chi connectivity index (χ2v) is 7.31. The predicted molar refractivity (Wildman–Crippen MR) is 85.3 cm³/mol. The minimum atomic E-state index is 0.107. The maximum Gasteiger partial charge on any atom is 0.202 e. The Morgan fingerprint density at radius 2 is 1.36 bits per heavy atom. The summed E-state index contributed by atoms with van der Waals surface area (Å²) < 4.78 is 1.46. The molecule has 2 aromatic rings. The topological polar surface area (TPSA) is 45.4 Å². The largest absolute Gasteiger partial charge is 0.494 e. The van der Waals surface area contributed by atoms with Gasteiger partial charge in [-0.15, -0.1) is 0 Å². The Labute approximate surface area is 137 Å². The lowest BCUT2D eigenvalue weighted by Gasteiger charge is -2.30. The maximum absolute atomic E-state index is 10.7. The van der Waals surface area contributed by atoms with Gasteiger partial charge in [-0.05, 0) is 36.5 Å². The molecule has 5 heteroatoms. The fraction of sp³-hybridized carbons (Fsp3) is 0.294. The van der Waals surface area contributed by atoms with E-state index in [0.29, 0.717) is 27.6 Å². The van der Waals surface area contributed by atoms with Crippen molar-refractivity contribution < 1.29 is 10.2 Å². The Kier molecular flexibility index (Phi) is 2.37. The van der Waals surface area contributed by atoms with Crippen molar-refractivity contribution in [3.63, 3.8) is 0 Å². The van der Waals surface area contributed by atoms with E-state index in [9.17, 15) is 10.2 Å². The molecule has 112 valence electrons. The number of allylic oxidation sites excluding steroid dienone is 2. The van der Waals surface area contributed by atoms with E-state index in [2.05, 4.69) is 12.2 Å². The molecule has 0 saturated heterocycles. The minimum Gasteiger partial charge on any atom is -0.494 e. The molecule has 22 heavy (non-hydrogen) atoms. The van der Waals surface area contributed by atoms with Crippen molar-refractivity contribution in [3.05, 3.63) is 51.5 Å². The molecule has 1 aromatic heterocycles. The molecule has 2 bridgehead atoms. The van der Waals surface area contributed by atoms with Crippen LogP contribution in [0, 0.1) is 11.8 Å². The van der Waals surface area contributed by atoms with Crippen LogP contribution in [0.4, 0.5) is 0 Å². The normalized spacial score (nSPS) is 30.3. The Hall–Kier alpha value is -1.58. The standard InChI is InChI=1S/C17H13Cl2NO2/c18-7-3-8(19)5-9(4-7)20-16(21)14-10-1-2-11(13-6-12(10)13)15(14)17(20)22/h1-5,10-13,21-22H,6H2/t10-,11+,12+,13-. The van der Waals surface area contributed by atoms with E-state index in [1.54, 1.807) is 18.2 Å². The van der Waals surface area contributed by atoms with Crippen molar-refractivity contribution in [1.82, 2.24) is 4.57 Å². The summed E-state index contributed by atoms with van der Waals surface area (Å²) >= 11 is 12.1. The van der Waals surface area contributed by atoms with Crippen LogP contribution >= 0.6 is 23.2 Å². The van der Waals surface area contributed by atoms with Gasteiger partial charge in [-0.25, -0.2) is 0 Å². The second-order valence-electron chi connectivity index (χ2n) is 6.44. The highest BCUT2D eigenvalue weighted by Gasteiger charge is 2.57. The molecule has 1 fully saturated rings. The number of benzene rings is 1. The lowest BCUT2D eigenvalue weighted by atomic mass is 9.73. The third-order valence-electron chi connectivity index (χ3n) is 5.31. The van der Waals surface area contributed by atoms with Gasteiger partial charge in [0, 0.05) is 33.0 Å². The molecule has 0 amide bonds. The van der Waals surface area contributed by atoms with Crippen LogP contribution in [-0.4, -0.2) is 14.8 Å². The Bertz CT molecular complexity index is 793. The zero-order valence-corrected chi connectivity index (χ0v) is 13.0. The molecule has 0 aliphatic heterocycles. The van der Waals surface area contributed by atoms with E-state index < -0.39 is 0 Å². The number of rotatable bonds is 1. The number of hydrogen-bond donors (Lipinski definition) is 2. The molecular formula is C17H13Cl2NO2. The van der Waals surface area contributed by atoms with Crippen LogP contribution in [0.1, 0.15) is 29.4 Å². The van der Waals surface area contributed by atoms with Crippen LogP contribution in [0.15, 0.2) is 30.4 Å². The zero-order valence-electron chi connectivity index (χ0n) is 11.5. The lowest BCUT2D eigenvalue weighted by Crippen LogP contribution is -2.18. The predicted octanol–water partition coefficient (Wildman–Crippen LogP) is 4.58. The minimum absolute atomic E-state index is 0.107. The van der Waals surface area contributed by atoms with Crippen molar-refractivity contribution >= 4 is 23.2 Å². The first-order valence-electron chi connectivity index (χ1n) is 7.37. The molecule has 0 radical (unpaired) electrons. The van der Waals surface area contributed by atoms with Crippen LogP contribution in [-0.2, 0) is 0 Å². The summed E-state index contributed by atoms with van der Waals surface area (Å²) in [4.78, 5) is 0. The van der Waals surface area contributed by atoms with Crippen LogP contribution in [0.5, 0.6) is 11.8 Å². The maximum atomic E-state index is 10.7. The Balaban J connectivity index is 1.77. The number of halogens is 2. The number of hydrogen-bond acceptors (Lipinski definition) is 2. The molecule has 1 aromatic carbocycles. The third-order valence-corrected chi connectivity index (χ3v) is 5.74. The van der Waals surface area contributed by atoms with Gasteiger partial charge in [0.2, 0.25) is 11.8 Å². The summed E-state index contributed by atoms with van der Waals surface area (Å²) in [5.74, 6) is 1.88. The zero-order chi connectivity index (χ0) is 15.2. The molecular weight excluding hydrogens is 321 g/mol. The van der Waals surface area contributed by atoms with Crippen LogP contribution in [0.25, 0.3) is 5.69 Å². The van der Waals surface area contributed by atoms with Crippen molar-refractivity contribution in [3.8, 4) is 17.4 Å². The van der Waals surface area contributed by atoms with Gasteiger partial charge >= 0.3 is 0 Å². The molecule has 6 rings (SSSR count). The molecule has 1 heterocycles.